The third kappa shape index (κ3) is 5.40. The van der Waals surface area contributed by atoms with E-state index in [1.54, 1.807) is 12.4 Å². The summed E-state index contributed by atoms with van der Waals surface area (Å²) in [5, 5.41) is 12.4. The molecule has 1 amide bonds. The lowest BCUT2D eigenvalue weighted by atomic mass is 10.1. The van der Waals surface area contributed by atoms with E-state index in [1.165, 1.54) is 11.8 Å². The summed E-state index contributed by atoms with van der Waals surface area (Å²) >= 11 is 1.39. The van der Waals surface area contributed by atoms with Gasteiger partial charge in [0.2, 0.25) is 5.91 Å². The van der Waals surface area contributed by atoms with Crippen molar-refractivity contribution in [3.63, 3.8) is 0 Å². The molecule has 27 heavy (non-hydrogen) atoms. The van der Waals surface area contributed by atoms with Crippen LogP contribution in [0.25, 0.3) is 11.4 Å². The molecule has 0 aliphatic heterocycles. The van der Waals surface area contributed by atoms with Crippen molar-refractivity contribution >= 4 is 17.7 Å². The second-order valence-electron chi connectivity index (χ2n) is 7.21. The van der Waals surface area contributed by atoms with Crippen LogP contribution in [-0.4, -0.2) is 36.9 Å². The SMILES string of the molecule is CC(C)(C)NC(=O)CSc1nnc(-c2cccnc2)n1Cc1ccccc1. The Hall–Kier alpha value is -2.67. The number of nitrogens with one attached hydrogen (secondary N) is 1. The van der Waals surface area contributed by atoms with Gasteiger partial charge in [0.15, 0.2) is 11.0 Å². The second-order valence-corrected chi connectivity index (χ2v) is 8.15. The second kappa shape index (κ2) is 8.35. The van der Waals surface area contributed by atoms with E-state index in [0.717, 1.165) is 17.0 Å². The van der Waals surface area contributed by atoms with E-state index in [9.17, 15) is 4.79 Å². The predicted octanol–water partition coefficient (Wildman–Crippen LogP) is 3.40. The summed E-state index contributed by atoms with van der Waals surface area (Å²) in [5.41, 5.74) is 1.78. The van der Waals surface area contributed by atoms with Crippen LogP contribution < -0.4 is 5.32 Å². The Morgan fingerprint density at radius 2 is 1.89 bits per heavy atom. The number of carbonyl (C=O) groups is 1. The van der Waals surface area contributed by atoms with E-state index in [2.05, 4.69) is 32.6 Å². The largest absolute Gasteiger partial charge is 0.351 e. The van der Waals surface area contributed by atoms with Gasteiger partial charge in [-0.15, -0.1) is 10.2 Å². The quantitative estimate of drug-likeness (QED) is 0.663. The Bertz CT molecular complexity index is 888. The summed E-state index contributed by atoms with van der Waals surface area (Å²) < 4.78 is 2.03. The van der Waals surface area contributed by atoms with Crippen LogP contribution in [0.4, 0.5) is 0 Å². The molecule has 0 aliphatic rings. The van der Waals surface area contributed by atoms with Crippen LogP contribution in [0.15, 0.2) is 60.0 Å². The number of aromatic nitrogens is 4. The maximum atomic E-state index is 12.2. The normalized spacial score (nSPS) is 11.4. The van der Waals surface area contributed by atoms with E-state index in [4.69, 9.17) is 0 Å². The van der Waals surface area contributed by atoms with Gasteiger partial charge in [-0.1, -0.05) is 42.1 Å². The predicted molar refractivity (Wildman–Crippen MR) is 107 cm³/mol. The molecule has 0 radical (unpaired) electrons. The molecule has 2 aromatic heterocycles. The van der Waals surface area contributed by atoms with Gasteiger partial charge in [-0.2, -0.15) is 0 Å². The highest BCUT2D eigenvalue weighted by Crippen LogP contribution is 2.24. The van der Waals surface area contributed by atoms with E-state index >= 15 is 0 Å². The van der Waals surface area contributed by atoms with E-state index in [-0.39, 0.29) is 17.2 Å². The maximum absolute atomic E-state index is 12.2. The summed E-state index contributed by atoms with van der Waals surface area (Å²) in [7, 11) is 0. The zero-order valence-corrected chi connectivity index (χ0v) is 16.5. The molecule has 0 atom stereocenters. The fourth-order valence-electron chi connectivity index (χ4n) is 2.60. The van der Waals surface area contributed by atoms with Gasteiger partial charge < -0.3 is 5.32 Å². The van der Waals surface area contributed by atoms with Crippen LogP contribution in [0.1, 0.15) is 26.3 Å². The van der Waals surface area contributed by atoms with Crippen molar-refractivity contribution in [2.45, 2.75) is 38.0 Å². The standard InChI is InChI=1S/C20H23N5OS/c1-20(2,3)22-17(26)14-27-19-24-23-18(16-10-7-11-21-12-16)25(19)13-15-8-5-4-6-9-15/h4-12H,13-14H2,1-3H3,(H,22,26). The Morgan fingerprint density at radius 1 is 1.11 bits per heavy atom. The third-order valence-electron chi connectivity index (χ3n) is 3.67. The lowest BCUT2D eigenvalue weighted by molar-refractivity contribution is -0.119. The van der Waals surface area contributed by atoms with Crippen molar-refractivity contribution in [3.8, 4) is 11.4 Å². The number of pyridine rings is 1. The highest BCUT2D eigenvalue weighted by molar-refractivity contribution is 7.99. The molecule has 1 N–H and O–H groups in total. The van der Waals surface area contributed by atoms with Gasteiger partial charge >= 0.3 is 0 Å². The first-order valence-corrected chi connectivity index (χ1v) is 9.72. The van der Waals surface area contributed by atoms with Gasteiger partial charge in [0.05, 0.1) is 12.3 Å². The fraction of sp³-hybridized carbons (Fsp3) is 0.300. The molecule has 0 bridgehead atoms. The van der Waals surface area contributed by atoms with Crippen molar-refractivity contribution in [3.05, 3.63) is 60.4 Å². The minimum absolute atomic E-state index is 0.0234. The zero-order chi connectivity index (χ0) is 19.3. The first-order chi connectivity index (χ1) is 12.9. The lowest BCUT2D eigenvalue weighted by Gasteiger charge is -2.20. The van der Waals surface area contributed by atoms with E-state index < -0.39 is 0 Å². The molecule has 3 aromatic rings. The van der Waals surface area contributed by atoms with Gasteiger partial charge in [0, 0.05) is 23.5 Å². The molecule has 7 heteroatoms. The molecule has 3 rings (SSSR count). The molecule has 2 heterocycles. The van der Waals surface area contributed by atoms with Crippen LogP contribution in [0.3, 0.4) is 0 Å². The number of hydrogen-bond donors (Lipinski definition) is 1. The molecule has 0 saturated heterocycles. The molecule has 0 fully saturated rings. The minimum Gasteiger partial charge on any atom is -0.351 e. The van der Waals surface area contributed by atoms with Gasteiger partial charge in [0.25, 0.3) is 0 Å². The first kappa shape index (κ1) is 19.1. The number of thioether (sulfide) groups is 1. The van der Waals surface area contributed by atoms with Crippen LogP contribution in [0.2, 0.25) is 0 Å². The number of nitrogens with zero attached hydrogens (tertiary/aromatic N) is 4. The van der Waals surface area contributed by atoms with Crippen molar-refractivity contribution in [1.82, 2.24) is 25.1 Å². The van der Waals surface area contributed by atoms with E-state index in [1.807, 2.05) is 55.7 Å². The summed E-state index contributed by atoms with van der Waals surface area (Å²) in [5.74, 6) is 1.01. The molecule has 0 unspecified atom stereocenters. The number of benzene rings is 1. The molecule has 0 spiro atoms. The monoisotopic (exact) mass is 381 g/mol. The Kier molecular flexibility index (Phi) is 5.91. The molecule has 140 valence electrons. The first-order valence-electron chi connectivity index (χ1n) is 8.74. The number of carbonyl (C=O) groups excluding carboxylic acids is 1. The average Bonchev–Trinajstić information content (AvgIpc) is 3.03. The molecule has 1 aromatic carbocycles. The molecular formula is C20H23N5OS. The Morgan fingerprint density at radius 3 is 2.56 bits per heavy atom. The van der Waals surface area contributed by atoms with Crippen molar-refractivity contribution in [2.24, 2.45) is 0 Å². The summed E-state index contributed by atoms with van der Waals surface area (Å²) in [4.78, 5) is 16.4. The highest BCUT2D eigenvalue weighted by atomic mass is 32.2. The van der Waals surface area contributed by atoms with Crippen molar-refractivity contribution in [1.29, 1.82) is 0 Å². The van der Waals surface area contributed by atoms with E-state index in [0.29, 0.717) is 11.7 Å². The number of rotatable bonds is 6. The van der Waals surface area contributed by atoms with Gasteiger partial charge in [-0.05, 0) is 38.5 Å². The average molecular weight is 382 g/mol. The lowest BCUT2D eigenvalue weighted by Crippen LogP contribution is -2.41. The van der Waals surface area contributed by atoms with Gasteiger partial charge in [-0.3, -0.25) is 14.3 Å². The number of amides is 1. The minimum atomic E-state index is -0.254. The van der Waals surface area contributed by atoms with Crippen molar-refractivity contribution < 1.29 is 4.79 Å². The van der Waals surface area contributed by atoms with Gasteiger partial charge in [0.1, 0.15) is 0 Å². The molecule has 6 nitrogen and oxygen atoms in total. The topological polar surface area (TPSA) is 72.7 Å². The summed E-state index contributed by atoms with van der Waals surface area (Å²) in [6.45, 7) is 6.53. The van der Waals surface area contributed by atoms with Crippen LogP contribution in [0, 0.1) is 0 Å². The highest BCUT2D eigenvalue weighted by Gasteiger charge is 2.18. The molecule has 0 saturated carbocycles. The maximum Gasteiger partial charge on any atom is 0.230 e. The molecule has 0 aliphatic carbocycles. The Labute approximate surface area is 163 Å². The zero-order valence-electron chi connectivity index (χ0n) is 15.7. The smallest absolute Gasteiger partial charge is 0.230 e. The fourth-order valence-corrected chi connectivity index (χ4v) is 3.33. The third-order valence-corrected chi connectivity index (χ3v) is 4.63. The summed E-state index contributed by atoms with van der Waals surface area (Å²) in [6, 6.07) is 14.0. The Balaban J connectivity index is 1.85. The van der Waals surface area contributed by atoms with Crippen LogP contribution in [0.5, 0.6) is 0 Å². The summed E-state index contributed by atoms with van der Waals surface area (Å²) in [6.07, 6.45) is 3.50. The molecular weight excluding hydrogens is 358 g/mol. The van der Waals surface area contributed by atoms with Crippen LogP contribution in [-0.2, 0) is 11.3 Å². The van der Waals surface area contributed by atoms with Gasteiger partial charge in [-0.25, -0.2) is 0 Å². The number of hydrogen-bond acceptors (Lipinski definition) is 5. The van der Waals surface area contributed by atoms with Crippen LogP contribution >= 0.6 is 11.8 Å². The van der Waals surface area contributed by atoms with Crippen molar-refractivity contribution in [2.75, 3.05) is 5.75 Å².